The van der Waals surface area contributed by atoms with Crippen LogP contribution in [0, 0.1) is 23.2 Å². The van der Waals surface area contributed by atoms with Crippen LogP contribution in [0.1, 0.15) is 56.6 Å². The van der Waals surface area contributed by atoms with Crippen LogP contribution < -0.4 is 14.8 Å². The fourth-order valence-electron chi connectivity index (χ4n) is 6.88. The minimum Gasteiger partial charge on any atom is -0.493 e. The van der Waals surface area contributed by atoms with E-state index in [1.807, 2.05) is 30.3 Å². The van der Waals surface area contributed by atoms with E-state index in [1.54, 1.807) is 7.11 Å². The van der Waals surface area contributed by atoms with Crippen molar-refractivity contribution >= 4 is 11.6 Å². The van der Waals surface area contributed by atoms with E-state index in [2.05, 4.69) is 24.4 Å². The molecule has 4 heteroatoms. The maximum Gasteiger partial charge on any atom is 0.161 e. The molecule has 1 N–H and O–H groups in total. The summed E-state index contributed by atoms with van der Waals surface area (Å²) in [6.07, 6.45) is 8.82. The Morgan fingerprint density at radius 3 is 2.16 bits per heavy atom. The zero-order valence-electron chi connectivity index (χ0n) is 18.7. The third kappa shape index (κ3) is 4.45. The molecular formula is C27H34ClNO2. The summed E-state index contributed by atoms with van der Waals surface area (Å²) in [6.45, 7) is 3.79. The number of rotatable bonds is 8. The smallest absolute Gasteiger partial charge is 0.161 e. The molecule has 4 bridgehead atoms. The molecule has 31 heavy (non-hydrogen) atoms. The van der Waals surface area contributed by atoms with E-state index in [-0.39, 0.29) is 0 Å². The van der Waals surface area contributed by atoms with Gasteiger partial charge in [0.2, 0.25) is 0 Å². The molecule has 3 nitrogen and oxygen atoms in total. The third-order valence-electron chi connectivity index (χ3n) is 8.15. The predicted octanol–water partition coefficient (Wildman–Crippen LogP) is 6.62. The highest BCUT2D eigenvalue weighted by atomic mass is 35.5. The van der Waals surface area contributed by atoms with Crippen molar-refractivity contribution in [3.63, 3.8) is 0 Å². The molecule has 0 spiro atoms. The van der Waals surface area contributed by atoms with E-state index < -0.39 is 0 Å². The summed E-state index contributed by atoms with van der Waals surface area (Å²) in [5, 5.41) is 4.62. The van der Waals surface area contributed by atoms with Gasteiger partial charge in [-0.3, -0.25) is 0 Å². The molecule has 0 amide bonds. The van der Waals surface area contributed by atoms with Crippen molar-refractivity contribution < 1.29 is 9.47 Å². The molecule has 4 aliphatic rings. The van der Waals surface area contributed by atoms with Gasteiger partial charge in [-0.1, -0.05) is 29.8 Å². The molecule has 4 saturated carbocycles. The molecule has 0 saturated heterocycles. The van der Waals surface area contributed by atoms with Crippen molar-refractivity contribution in [3.05, 3.63) is 58.6 Å². The Balaban J connectivity index is 1.20. The average molecular weight is 440 g/mol. The number of methoxy groups -OCH3 is 1. The lowest BCUT2D eigenvalue weighted by Gasteiger charge is -2.59. The molecule has 1 unspecified atom stereocenters. The van der Waals surface area contributed by atoms with Crippen LogP contribution in [0.4, 0.5) is 0 Å². The lowest BCUT2D eigenvalue weighted by atomic mass is 9.48. The van der Waals surface area contributed by atoms with Gasteiger partial charge in [0.1, 0.15) is 6.61 Å². The van der Waals surface area contributed by atoms with Crippen LogP contribution in [0.3, 0.4) is 0 Å². The Hall–Kier alpha value is -1.71. The molecule has 0 aromatic heterocycles. The predicted molar refractivity (Wildman–Crippen MR) is 126 cm³/mol. The number of halogens is 1. The first kappa shape index (κ1) is 21.2. The summed E-state index contributed by atoms with van der Waals surface area (Å²) >= 11 is 5.97. The lowest BCUT2D eigenvalue weighted by molar-refractivity contribution is -0.0706. The van der Waals surface area contributed by atoms with Gasteiger partial charge in [-0.25, -0.2) is 0 Å². The van der Waals surface area contributed by atoms with Gasteiger partial charge in [0.15, 0.2) is 11.5 Å². The van der Waals surface area contributed by atoms with E-state index in [0.29, 0.717) is 18.1 Å². The highest BCUT2D eigenvalue weighted by molar-refractivity contribution is 6.30. The van der Waals surface area contributed by atoms with Gasteiger partial charge in [0.25, 0.3) is 0 Å². The van der Waals surface area contributed by atoms with Crippen LogP contribution in [0.5, 0.6) is 11.5 Å². The standard InChI is InChI=1S/C27H34ClNO2/c1-18(27-13-21-9-22(14-27)11-23(10-21)15-27)29-16-20-5-8-25(26(12-20)30-2)31-17-19-3-6-24(28)7-4-19/h3-8,12,18,21-23,29H,9-11,13-17H2,1-2H3. The van der Waals surface area contributed by atoms with Crippen molar-refractivity contribution in [1.29, 1.82) is 0 Å². The summed E-state index contributed by atoms with van der Waals surface area (Å²) in [4.78, 5) is 0. The van der Waals surface area contributed by atoms with Gasteiger partial charge < -0.3 is 14.8 Å². The molecule has 166 valence electrons. The lowest BCUT2D eigenvalue weighted by Crippen LogP contribution is -2.54. The first-order valence-corrected chi connectivity index (χ1v) is 12.2. The quantitative estimate of drug-likeness (QED) is 0.501. The third-order valence-corrected chi connectivity index (χ3v) is 8.40. The van der Waals surface area contributed by atoms with Gasteiger partial charge in [-0.05, 0) is 104 Å². The maximum atomic E-state index is 6.01. The summed E-state index contributed by atoms with van der Waals surface area (Å²) in [5.74, 6) is 4.54. The Morgan fingerprint density at radius 1 is 0.935 bits per heavy atom. The minimum absolute atomic E-state index is 0.494. The van der Waals surface area contributed by atoms with Crippen molar-refractivity contribution in [2.24, 2.45) is 23.2 Å². The fraction of sp³-hybridized carbons (Fsp3) is 0.556. The second-order valence-corrected chi connectivity index (χ2v) is 10.7. The highest BCUT2D eigenvalue weighted by Gasteiger charge is 2.52. The molecule has 4 aliphatic carbocycles. The zero-order valence-corrected chi connectivity index (χ0v) is 19.5. The van der Waals surface area contributed by atoms with Crippen LogP contribution in [-0.2, 0) is 13.2 Å². The van der Waals surface area contributed by atoms with Crippen molar-refractivity contribution in [1.82, 2.24) is 5.32 Å². The molecule has 6 rings (SSSR count). The average Bonchev–Trinajstić information content (AvgIpc) is 2.76. The van der Waals surface area contributed by atoms with Gasteiger partial charge in [0, 0.05) is 17.6 Å². The van der Waals surface area contributed by atoms with Crippen LogP contribution in [0.15, 0.2) is 42.5 Å². The van der Waals surface area contributed by atoms with Crippen LogP contribution >= 0.6 is 11.6 Å². The monoisotopic (exact) mass is 439 g/mol. The van der Waals surface area contributed by atoms with E-state index >= 15 is 0 Å². The minimum atomic E-state index is 0.494. The Morgan fingerprint density at radius 2 is 1.55 bits per heavy atom. The summed E-state index contributed by atoms with van der Waals surface area (Å²) in [5.41, 5.74) is 2.86. The summed E-state index contributed by atoms with van der Waals surface area (Å²) < 4.78 is 11.6. The van der Waals surface area contributed by atoms with Crippen molar-refractivity contribution in [2.75, 3.05) is 7.11 Å². The van der Waals surface area contributed by atoms with E-state index in [9.17, 15) is 0 Å². The van der Waals surface area contributed by atoms with Crippen molar-refractivity contribution in [3.8, 4) is 11.5 Å². The van der Waals surface area contributed by atoms with Crippen LogP contribution in [-0.4, -0.2) is 13.2 Å². The number of benzene rings is 2. The molecule has 0 heterocycles. The maximum absolute atomic E-state index is 6.01. The topological polar surface area (TPSA) is 30.5 Å². The second kappa shape index (κ2) is 8.67. The fourth-order valence-corrected chi connectivity index (χ4v) is 7.00. The Labute approximate surface area is 191 Å². The summed E-state index contributed by atoms with van der Waals surface area (Å²) in [7, 11) is 1.71. The van der Waals surface area contributed by atoms with E-state index in [1.165, 1.54) is 44.1 Å². The first-order chi connectivity index (χ1) is 15.0. The number of nitrogens with one attached hydrogen (secondary N) is 1. The molecule has 2 aromatic carbocycles. The normalized spacial score (nSPS) is 29.7. The molecule has 0 aliphatic heterocycles. The number of hydrogen-bond donors (Lipinski definition) is 1. The van der Waals surface area contributed by atoms with E-state index in [0.717, 1.165) is 46.4 Å². The van der Waals surface area contributed by atoms with Gasteiger partial charge in [-0.15, -0.1) is 0 Å². The molecule has 1 atom stereocenters. The van der Waals surface area contributed by atoms with Gasteiger partial charge in [0.05, 0.1) is 7.11 Å². The van der Waals surface area contributed by atoms with E-state index in [4.69, 9.17) is 21.1 Å². The molecular weight excluding hydrogens is 406 g/mol. The number of ether oxygens (including phenoxy) is 2. The Kier molecular flexibility index (Phi) is 5.92. The SMILES string of the molecule is COc1cc(CNC(C)C23CC4CC(CC(C4)C2)C3)ccc1OCc1ccc(Cl)cc1. The molecule has 0 radical (unpaired) electrons. The summed E-state index contributed by atoms with van der Waals surface area (Å²) in [6, 6.07) is 14.6. The van der Waals surface area contributed by atoms with Crippen molar-refractivity contribution in [2.45, 2.75) is 64.6 Å². The Bertz CT molecular complexity index is 875. The van der Waals surface area contributed by atoms with Gasteiger partial charge in [-0.2, -0.15) is 0 Å². The largest absolute Gasteiger partial charge is 0.493 e. The van der Waals surface area contributed by atoms with Crippen LogP contribution in [0.2, 0.25) is 5.02 Å². The molecule has 4 fully saturated rings. The van der Waals surface area contributed by atoms with Crippen LogP contribution in [0.25, 0.3) is 0 Å². The molecule has 2 aromatic rings. The highest BCUT2D eigenvalue weighted by Crippen LogP contribution is 2.61. The number of hydrogen-bond acceptors (Lipinski definition) is 3. The zero-order chi connectivity index (χ0) is 21.4. The second-order valence-electron chi connectivity index (χ2n) is 10.3. The van der Waals surface area contributed by atoms with Gasteiger partial charge >= 0.3 is 0 Å². The first-order valence-electron chi connectivity index (χ1n) is 11.8.